The Labute approximate surface area is 195 Å². The van der Waals surface area contributed by atoms with Gasteiger partial charge in [-0.05, 0) is 62.1 Å². The lowest BCUT2D eigenvalue weighted by Gasteiger charge is -2.35. The lowest BCUT2D eigenvalue weighted by Crippen LogP contribution is -2.52. The molecule has 2 saturated heterocycles. The van der Waals surface area contributed by atoms with Crippen LogP contribution in [-0.2, 0) is 17.9 Å². The van der Waals surface area contributed by atoms with Crippen LogP contribution in [0.2, 0.25) is 0 Å². The number of carbonyl (C=O) groups excluding carboxylic acids is 1. The van der Waals surface area contributed by atoms with Crippen molar-refractivity contribution in [2.24, 2.45) is 0 Å². The molecule has 0 aliphatic carbocycles. The maximum absolute atomic E-state index is 12.7. The van der Waals surface area contributed by atoms with Crippen LogP contribution in [0.15, 0.2) is 42.7 Å². The highest BCUT2D eigenvalue weighted by Crippen LogP contribution is 2.42. The fraction of sp³-hybridized carbons (Fsp3) is 0.481. The minimum Gasteiger partial charge on any atom is -0.497 e. The summed E-state index contributed by atoms with van der Waals surface area (Å²) in [4.78, 5) is 19.6. The number of ether oxygens (including phenoxy) is 1. The van der Waals surface area contributed by atoms with Crippen LogP contribution in [-0.4, -0.2) is 46.1 Å². The molecule has 2 atom stereocenters. The van der Waals surface area contributed by atoms with Crippen LogP contribution in [0, 0.1) is 6.92 Å². The fourth-order valence-electron chi connectivity index (χ4n) is 6.13. The molecule has 1 aromatic carbocycles. The van der Waals surface area contributed by atoms with Crippen LogP contribution in [0.4, 0.5) is 0 Å². The van der Waals surface area contributed by atoms with Gasteiger partial charge in [0.15, 0.2) is 0 Å². The van der Waals surface area contributed by atoms with Crippen molar-refractivity contribution in [1.29, 1.82) is 0 Å². The highest BCUT2D eigenvalue weighted by molar-refractivity contribution is 5.87. The van der Waals surface area contributed by atoms with Gasteiger partial charge in [-0.15, -0.1) is 0 Å². The normalized spacial score (nSPS) is 23.7. The van der Waals surface area contributed by atoms with Crippen molar-refractivity contribution in [3.63, 3.8) is 0 Å². The molecular weight excluding hydrogens is 412 g/mol. The Bertz CT molecular complexity index is 1160. The molecule has 0 unspecified atom stereocenters. The number of nitrogens with zero attached hydrogens (tertiary/aromatic N) is 3. The Morgan fingerprint density at radius 1 is 1.27 bits per heavy atom. The molecule has 2 fully saturated rings. The Morgan fingerprint density at radius 3 is 2.91 bits per heavy atom. The van der Waals surface area contributed by atoms with Gasteiger partial charge in [-0.2, -0.15) is 0 Å². The number of nitrogens with one attached hydrogen (secondary N) is 1. The number of aryl methyl sites for hydroxylation is 1. The number of methoxy groups -OCH3 is 1. The number of aromatic nitrogens is 2. The average Bonchev–Trinajstić information content (AvgIpc) is 3.23. The first-order chi connectivity index (χ1) is 16.0. The topological polar surface area (TPSA) is 59.4 Å². The molecule has 5 rings (SSSR count). The van der Waals surface area contributed by atoms with Crippen molar-refractivity contribution in [3.8, 4) is 5.75 Å². The number of hydrogen-bond donors (Lipinski definition) is 1. The SMILES string of the molecule is CCn1c(C)c(CN2C[C@@H](c3cccnc3)[C@@]3(CCCCC(=O)N3)C2)c2cc(OC)ccc21. The third-order valence-corrected chi connectivity index (χ3v) is 7.72. The Morgan fingerprint density at radius 2 is 2.15 bits per heavy atom. The van der Waals surface area contributed by atoms with E-state index in [1.54, 1.807) is 7.11 Å². The monoisotopic (exact) mass is 446 g/mol. The Kier molecular flexibility index (Phi) is 5.87. The van der Waals surface area contributed by atoms with Gasteiger partial charge >= 0.3 is 0 Å². The van der Waals surface area contributed by atoms with E-state index in [2.05, 4.69) is 51.8 Å². The molecule has 4 heterocycles. The summed E-state index contributed by atoms with van der Waals surface area (Å²) >= 11 is 0. The van der Waals surface area contributed by atoms with E-state index < -0.39 is 0 Å². The van der Waals surface area contributed by atoms with Crippen LogP contribution < -0.4 is 10.1 Å². The maximum atomic E-state index is 12.7. The molecule has 0 bridgehead atoms. The summed E-state index contributed by atoms with van der Waals surface area (Å²) in [7, 11) is 1.72. The van der Waals surface area contributed by atoms with Gasteiger partial charge in [0.1, 0.15) is 5.75 Å². The number of rotatable bonds is 5. The predicted molar refractivity (Wildman–Crippen MR) is 130 cm³/mol. The van der Waals surface area contributed by atoms with Crippen LogP contribution >= 0.6 is 0 Å². The van der Waals surface area contributed by atoms with Crippen LogP contribution in [0.5, 0.6) is 5.75 Å². The summed E-state index contributed by atoms with van der Waals surface area (Å²) in [6, 6.07) is 10.6. The lowest BCUT2D eigenvalue weighted by molar-refractivity contribution is -0.122. The number of hydrogen-bond acceptors (Lipinski definition) is 4. The van der Waals surface area contributed by atoms with Gasteiger partial charge in [-0.3, -0.25) is 14.7 Å². The zero-order valence-electron chi connectivity index (χ0n) is 19.9. The third kappa shape index (κ3) is 3.90. The lowest BCUT2D eigenvalue weighted by atomic mass is 9.79. The molecule has 2 aliphatic rings. The van der Waals surface area contributed by atoms with Gasteiger partial charge in [-0.25, -0.2) is 0 Å². The smallest absolute Gasteiger partial charge is 0.220 e. The second-order valence-electron chi connectivity index (χ2n) is 9.61. The van der Waals surface area contributed by atoms with Crippen molar-refractivity contribution in [2.45, 2.75) is 64.1 Å². The fourth-order valence-corrected chi connectivity index (χ4v) is 6.13. The van der Waals surface area contributed by atoms with E-state index in [9.17, 15) is 4.79 Å². The molecule has 3 aromatic rings. The predicted octanol–water partition coefficient (Wildman–Crippen LogP) is 4.40. The second-order valence-corrected chi connectivity index (χ2v) is 9.61. The largest absolute Gasteiger partial charge is 0.497 e. The zero-order chi connectivity index (χ0) is 23.0. The summed E-state index contributed by atoms with van der Waals surface area (Å²) < 4.78 is 7.93. The number of fused-ring (bicyclic) bond motifs is 1. The van der Waals surface area contributed by atoms with E-state index in [0.29, 0.717) is 6.42 Å². The molecule has 33 heavy (non-hydrogen) atoms. The number of likely N-dealkylation sites (tertiary alicyclic amines) is 1. The van der Waals surface area contributed by atoms with Crippen molar-refractivity contribution >= 4 is 16.8 Å². The van der Waals surface area contributed by atoms with Crippen molar-refractivity contribution in [3.05, 3.63) is 59.5 Å². The quantitative estimate of drug-likeness (QED) is 0.631. The van der Waals surface area contributed by atoms with E-state index in [0.717, 1.165) is 51.2 Å². The molecule has 6 heteroatoms. The molecule has 1 amide bonds. The Balaban J connectivity index is 1.53. The first-order valence-electron chi connectivity index (χ1n) is 12.1. The number of carbonyl (C=O) groups is 1. The van der Waals surface area contributed by atoms with E-state index in [1.165, 1.54) is 27.7 Å². The van der Waals surface area contributed by atoms with Crippen LogP contribution in [0.3, 0.4) is 0 Å². The number of benzene rings is 1. The summed E-state index contributed by atoms with van der Waals surface area (Å²) in [6.45, 7) is 7.99. The summed E-state index contributed by atoms with van der Waals surface area (Å²) in [6.07, 6.45) is 7.49. The van der Waals surface area contributed by atoms with Gasteiger partial charge in [0.05, 0.1) is 12.6 Å². The third-order valence-electron chi connectivity index (χ3n) is 7.72. The first-order valence-corrected chi connectivity index (χ1v) is 12.1. The van der Waals surface area contributed by atoms with Crippen molar-refractivity contribution in [2.75, 3.05) is 20.2 Å². The molecule has 2 aromatic heterocycles. The standard InChI is InChI=1S/C27H34N4O2/c1-4-31-19(2)23(22-14-21(33-3)10-11-25(22)31)16-30-17-24(20-8-7-13-28-15-20)27(18-30)12-6-5-9-26(32)29-27/h7-8,10-11,13-15,24H,4-6,9,12,16-18H2,1-3H3,(H,29,32)/t24-,27+/m0/s1. The summed E-state index contributed by atoms with van der Waals surface area (Å²) in [5.41, 5.74) is 4.91. The van der Waals surface area contributed by atoms with Crippen LogP contribution in [0.1, 0.15) is 55.3 Å². The van der Waals surface area contributed by atoms with Crippen molar-refractivity contribution < 1.29 is 9.53 Å². The number of pyridine rings is 1. The molecule has 2 aliphatic heterocycles. The molecule has 174 valence electrons. The molecule has 0 saturated carbocycles. The Hall–Kier alpha value is -2.86. The first kappa shape index (κ1) is 22.0. The molecule has 6 nitrogen and oxygen atoms in total. The van der Waals surface area contributed by atoms with Gasteiger partial charge in [0.25, 0.3) is 0 Å². The highest BCUT2D eigenvalue weighted by atomic mass is 16.5. The van der Waals surface area contributed by atoms with Gasteiger partial charge in [0, 0.05) is 67.5 Å². The molecular formula is C27H34N4O2. The molecule has 1 N–H and O–H groups in total. The molecule has 0 radical (unpaired) electrons. The van der Waals surface area contributed by atoms with E-state index in [1.807, 2.05) is 24.5 Å². The minimum atomic E-state index is -0.231. The van der Waals surface area contributed by atoms with Crippen LogP contribution in [0.25, 0.3) is 10.9 Å². The maximum Gasteiger partial charge on any atom is 0.220 e. The zero-order valence-corrected chi connectivity index (χ0v) is 19.9. The summed E-state index contributed by atoms with van der Waals surface area (Å²) in [5, 5.41) is 4.73. The van der Waals surface area contributed by atoms with E-state index in [-0.39, 0.29) is 17.4 Å². The second kappa shape index (κ2) is 8.82. The average molecular weight is 447 g/mol. The van der Waals surface area contributed by atoms with Gasteiger partial charge < -0.3 is 14.6 Å². The molecule has 1 spiro atoms. The highest BCUT2D eigenvalue weighted by Gasteiger charge is 2.48. The van der Waals surface area contributed by atoms with Crippen molar-refractivity contribution in [1.82, 2.24) is 19.8 Å². The summed E-state index contributed by atoms with van der Waals surface area (Å²) in [5.74, 6) is 1.31. The minimum absolute atomic E-state index is 0.187. The van der Waals surface area contributed by atoms with Gasteiger partial charge in [-0.1, -0.05) is 12.5 Å². The van der Waals surface area contributed by atoms with E-state index in [4.69, 9.17) is 4.74 Å². The number of amides is 1. The van der Waals surface area contributed by atoms with Gasteiger partial charge in [0.2, 0.25) is 5.91 Å². The van der Waals surface area contributed by atoms with E-state index >= 15 is 0 Å².